The fourth-order valence-corrected chi connectivity index (χ4v) is 2.44. The molecule has 0 spiro atoms. The minimum atomic E-state index is -0.241. The summed E-state index contributed by atoms with van der Waals surface area (Å²) < 4.78 is 5.55. The lowest BCUT2D eigenvalue weighted by Crippen LogP contribution is -2.37. The minimum Gasteiger partial charge on any atom is -0.494 e. The summed E-state index contributed by atoms with van der Waals surface area (Å²) in [5.74, 6) is 0.362. The summed E-state index contributed by atoms with van der Waals surface area (Å²) in [5.41, 5.74) is 2.61. The van der Waals surface area contributed by atoms with Gasteiger partial charge in [0.25, 0.3) is 5.91 Å². The van der Waals surface area contributed by atoms with Crippen molar-refractivity contribution in [2.24, 2.45) is 0 Å². The summed E-state index contributed by atoms with van der Waals surface area (Å²) in [6.07, 6.45) is 0.700. The third kappa shape index (κ3) is 6.67. The second kappa shape index (κ2) is 9.47. The van der Waals surface area contributed by atoms with Crippen molar-refractivity contribution in [2.45, 2.75) is 20.3 Å². The largest absolute Gasteiger partial charge is 0.494 e. The fourth-order valence-electron chi connectivity index (χ4n) is 2.44. The van der Waals surface area contributed by atoms with Crippen molar-refractivity contribution < 1.29 is 14.3 Å². The third-order valence-corrected chi connectivity index (χ3v) is 3.55. The van der Waals surface area contributed by atoms with Crippen LogP contribution in [0.25, 0.3) is 0 Å². The Hall–Kier alpha value is -2.82. The molecule has 0 aromatic heterocycles. The van der Waals surface area contributed by atoms with Crippen molar-refractivity contribution in [1.82, 2.24) is 10.6 Å². The number of carbonyl (C=O) groups is 2. The van der Waals surface area contributed by atoms with Gasteiger partial charge >= 0.3 is 0 Å². The number of aryl methyl sites for hydroxylation is 2. The van der Waals surface area contributed by atoms with E-state index in [1.54, 1.807) is 12.1 Å². The molecule has 0 unspecified atom stereocenters. The van der Waals surface area contributed by atoms with Gasteiger partial charge in [-0.3, -0.25) is 9.59 Å². The van der Waals surface area contributed by atoms with Gasteiger partial charge in [0.15, 0.2) is 0 Å². The number of para-hydroxylation sites is 1. The third-order valence-electron chi connectivity index (χ3n) is 3.55. The summed E-state index contributed by atoms with van der Waals surface area (Å²) >= 11 is 0. The van der Waals surface area contributed by atoms with Crippen LogP contribution in [0.15, 0.2) is 48.5 Å². The number of amides is 2. The number of rotatable bonds is 8. The van der Waals surface area contributed by atoms with E-state index < -0.39 is 0 Å². The summed E-state index contributed by atoms with van der Waals surface area (Å²) in [5, 5.41) is 5.40. The van der Waals surface area contributed by atoms with Crippen LogP contribution in [0.3, 0.4) is 0 Å². The van der Waals surface area contributed by atoms with Crippen molar-refractivity contribution in [2.75, 3.05) is 19.7 Å². The van der Waals surface area contributed by atoms with Gasteiger partial charge in [-0.2, -0.15) is 0 Å². The van der Waals surface area contributed by atoms with Crippen LogP contribution in [0.1, 0.15) is 27.9 Å². The van der Waals surface area contributed by atoms with E-state index in [1.165, 1.54) is 0 Å². The van der Waals surface area contributed by atoms with E-state index >= 15 is 0 Å². The van der Waals surface area contributed by atoms with E-state index in [4.69, 9.17) is 4.74 Å². The van der Waals surface area contributed by atoms with Gasteiger partial charge < -0.3 is 15.4 Å². The quantitative estimate of drug-likeness (QED) is 0.726. The molecule has 0 aliphatic carbocycles. The standard InChI is InChI=1S/C20H24N2O3/c1-15-11-16(2)13-17(12-15)20(24)22-14-19(23)21-9-6-10-25-18-7-4-3-5-8-18/h3-5,7-8,11-13H,6,9-10,14H2,1-2H3,(H,21,23)(H,22,24). The molecule has 0 bridgehead atoms. The zero-order valence-electron chi connectivity index (χ0n) is 14.7. The van der Waals surface area contributed by atoms with Crippen LogP contribution in [0.4, 0.5) is 0 Å². The van der Waals surface area contributed by atoms with E-state index in [0.29, 0.717) is 25.1 Å². The van der Waals surface area contributed by atoms with Gasteiger partial charge in [0.2, 0.25) is 5.91 Å². The molecule has 0 heterocycles. The number of ether oxygens (including phenoxy) is 1. The first-order chi connectivity index (χ1) is 12.0. The SMILES string of the molecule is Cc1cc(C)cc(C(=O)NCC(=O)NCCCOc2ccccc2)c1. The smallest absolute Gasteiger partial charge is 0.251 e. The van der Waals surface area contributed by atoms with Crippen molar-refractivity contribution in [1.29, 1.82) is 0 Å². The molecule has 2 rings (SSSR count). The van der Waals surface area contributed by atoms with Gasteiger partial charge in [0.05, 0.1) is 13.2 Å². The van der Waals surface area contributed by atoms with E-state index in [1.807, 2.05) is 50.2 Å². The van der Waals surface area contributed by atoms with Crippen LogP contribution in [-0.4, -0.2) is 31.5 Å². The zero-order chi connectivity index (χ0) is 18.1. The van der Waals surface area contributed by atoms with Crippen molar-refractivity contribution >= 4 is 11.8 Å². The Labute approximate surface area is 148 Å². The predicted molar refractivity (Wildman–Crippen MR) is 97.8 cm³/mol. The molecule has 0 aliphatic heterocycles. The van der Waals surface area contributed by atoms with E-state index in [9.17, 15) is 9.59 Å². The second-order valence-corrected chi connectivity index (χ2v) is 5.92. The van der Waals surface area contributed by atoms with Gasteiger partial charge in [0.1, 0.15) is 5.75 Å². The molecule has 0 atom stereocenters. The van der Waals surface area contributed by atoms with Crippen molar-refractivity contribution in [3.05, 3.63) is 65.2 Å². The molecule has 0 radical (unpaired) electrons. The molecule has 0 saturated heterocycles. The maximum absolute atomic E-state index is 12.1. The minimum absolute atomic E-state index is 0.0363. The highest BCUT2D eigenvalue weighted by Gasteiger charge is 2.08. The first-order valence-corrected chi connectivity index (χ1v) is 8.35. The number of benzene rings is 2. The van der Waals surface area contributed by atoms with Crippen LogP contribution in [0, 0.1) is 13.8 Å². The predicted octanol–water partition coefficient (Wildman–Crippen LogP) is 2.62. The summed E-state index contributed by atoms with van der Waals surface area (Å²) in [6.45, 7) is 4.87. The molecule has 2 aromatic rings. The normalized spacial score (nSPS) is 10.2. The molecular formula is C20H24N2O3. The molecule has 5 heteroatoms. The number of nitrogens with one attached hydrogen (secondary N) is 2. The zero-order valence-corrected chi connectivity index (χ0v) is 14.7. The topological polar surface area (TPSA) is 67.4 Å². The maximum atomic E-state index is 12.1. The molecule has 2 amide bonds. The van der Waals surface area contributed by atoms with Crippen LogP contribution in [-0.2, 0) is 4.79 Å². The molecule has 2 aromatic carbocycles. The monoisotopic (exact) mass is 340 g/mol. The maximum Gasteiger partial charge on any atom is 0.251 e. The highest BCUT2D eigenvalue weighted by molar-refractivity contribution is 5.96. The fraction of sp³-hybridized carbons (Fsp3) is 0.300. The second-order valence-electron chi connectivity index (χ2n) is 5.92. The first-order valence-electron chi connectivity index (χ1n) is 8.35. The molecule has 5 nitrogen and oxygen atoms in total. The Bertz CT molecular complexity index is 694. The van der Waals surface area contributed by atoms with Crippen LogP contribution >= 0.6 is 0 Å². The van der Waals surface area contributed by atoms with Crippen LogP contribution in [0.5, 0.6) is 5.75 Å². The van der Waals surface area contributed by atoms with Gasteiger partial charge in [-0.1, -0.05) is 35.4 Å². The van der Waals surface area contributed by atoms with Gasteiger partial charge in [-0.05, 0) is 44.5 Å². The highest BCUT2D eigenvalue weighted by atomic mass is 16.5. The summed E-state index contributed by atoms with van der Waals surface area (Å²) in [6, 6.07) is 15.1. The Kier molecular flexibility index (Phi) is 7.01. The van der Waals surface area contributed by atoms with Crippen molar-refractivity contribution in [3.63, 3.8) is 0 Å². The molecule has 2 N–H and O–H groups in total. The Morgan fingerprint density at radius 2 is 1.64 bits per heavy atom. The molecule has 25 heavy (non-hydrogen) atoms. The molecular weight excluding hydrogens is 316 g/mol. The van der Waals surface area contributed by atoms with Crippen LogP contribution in [0.2, 0.25) is 0 Å². The average Bonchev–Trinajstić information content (AvgIpc) is 2.59. The Morgan fingerprint density at radius 3 is 2.32 bits per heavy atom. The number of carbonyl (C=O) groups excluding carboxylic acids is 2. The summed E-state index contributed by atoms with van der Waals surface area (Å²) in [7, 11) is 0. The lowest BCUT2D eigenvalue weighted by atomic mass is 10.1. The molecule has 0 saturated carbocycles. The van der Waals surface area contributed by atoms with Gasteiger partial charge in [-0.25, -0.2) is 0 Å². The highest BCUT2D eigenvalue weighted by Crippen LogP contribution is 2.09. The van der Waals surface area contributed by atoms with E-state index in [2.05, 4.69) is 10.6 Å². The number of hydrogen-bond donors (Lipinski definition) is 2. The Morgan fingerprint density at radius 1 is 0.960 bits per heavy atom. The van der Waals surface area contributed by atoms with Crippen molar-refractivity contribution in [3.8, 4) is 5.75 Å². The van der Waals surface area contributed by atoms with Gasteiger partial charge in [0, 0.05) is 12.1 Å². The van der Waals surface area contributed by atoms with E-state index in [0.717, 1.165) is 16.9 Å². The van der Waals surface area contributed by atoms with Gasteiger partial charge in [-0.15, -0.1) is 0 Å². The number of hydrogen-bond acceptors (Lipinski definition) is 3. The lowest BCUT2D eigenvalue weighted by molar-refractivity contribution is -0.120. The molecule has 132 valence electrons. The summed E-state index contributed by atoms with van der Waals surface area (Å²) in [4.78, 5) is 23.9. The van der Waals surface area contributed by atoms with E-state index in [-0.39, 0.29) is 18.4 Å². The molecule has 0 aliphatic rings. The van der Waals surface area contributed by atoms with Crippen LogP contribution < -0.4 is 15.4 Å². The molecule has 0 fully saturated rings. The average molecular weight is 340 g/mol. The Balaban J connectivity index is 1.62. The lowest BCUT2D eigenvalue weighted by Gasteiger charge is -2.09. The first kappa shape index (κ1) is 18.5.